The van der Waals surface area contributed by atoms with Crippen molar-refractivity contribution in [2.75, 3.05) is 0 Å². The Kier molecular flexibility index (Phi) is 3.03. The first-order valence-corrected chi connectivity index (χ1v) is 5.31. The SMILES string of the molecule is Cc1ccc(F)cc1CNC1CC(O)C1. The molecule has 0 spiro atoms. The fourth-order valence-electron chi connectivity index (χ4n) is 1.84. The van der Waals surface area contributed by atoms with E-state index in [-0.39, 0.29) is 11.9 Å². The predicted octanol–water partition coefficient (Wildman–Crippen LogP) is 1.75. The van der Waals surface area contributed by atoms with Crippen LogP contribution in [0.5, 0.6) is 0 Å². The van der Waals surface area contributed by atoms with Crippen molar-refractivity contribution in [1.29, 1.82) is 0 Å². The first kappa shape index (κ1) is 10.6. The van der Waals surface area contributed by atoms with Crippen LogP contribution < -0.4 is 5.32 Å². The molecule has 0 aliphatic heterocycles. The summed E-state index contributed by atoms with van der Waals surface area (Å²) in [6.07, 6.45) is 1.49. The number of aryl methyl sites for hydroxylation is 1. The number of aliphatic hydroxyl groups is 1. The van der Waals surface area contributed by atoms with E-state index in [9.17, 15) is 4.39 Å². The molecule has 1 fully saturated rings. The molecule has 1 aromatic rings. The zero-order chi connectivity index (χ0) is 10.8. The van der Waals surface area contributed by atoms with Crippen molar-refractivity contribution in [2.24, 2.45) is 0 Å². The molecule has 0 heterocycles. The monoisotopic (exact) mass is 209 g/mol. The van der Waals surface area contributed by atoms with Gasteiger partial charge in [0.1, 0.15) is 5.82 Å². The predicted molar refractivity (Wildman–Crippen MR) is 57.0 cm³/mol. The summed E-state index contributed by atoms with van der Waals surface area (Å²) < 4.78 is 13.0. The van der Waals surface area contributed by atoms with Crippen molar-refractivity contribution in [3.63, 3.8) is 0 Å². The minimum Gasteiger partial charge on any atom is -0.393 e. The number of halogens is 1. The highest BCUT2D eigenvalue weighted by atomic mass is 19.1. The second kappa shape index (κ2) is 4.29. The molecule has 0 aromatic heterocycles. The third-order valence-electron chi connectivity index (χ3n) is 3.01. The molecule has 0 amide bonds. The average Bonchev–Trinajstić information content (AvgIpc) is 2.16. The van der Waals surface area contributed by atoms with E-state index >= 15 is 0 Å². The van der Waals surface area contributed by atoms with Gasteiger partial charge in [0.2, 0.25) is 0 Å². The first-order valence-electron chi connectivity index (χ1n) is 5.31. The average molecular weight is 209 g/mol. The lowest BCUT2D eigenvalue weighted by Crippen LogP contribution is -2.43. The molecule has 1 aliphatic carbocycles. The van der Waals surface area contributed by atoms with Crippen LogP contribution in [-0.2, 0) is 6.54 Å². The summed E-state index contributed by atoms with van der Waals surface area (Å²) in [5.74, 6) is -0.189. The van der Waals surface area contributed by atoms with Gasteiger partial charge in [0.25, 0.3) is 0 Å². The van der Waals surface area contributed by atoms with Crippen LogP contribution in [0.3, 0.4) is 0 Å². The highest BCUT2D eigenvalue weighted by Gasteiger charge is 2.26. The van der Waals surface area contributed by atoms with Crippen molar-refractivity contribution in [3.05, 3.63) is 35.1 Å². The van der Waals surface area contributed by atoms with Crippen molar-refractivity contribution in [2.45, 2.75) is 38.5 Å². The van der Waals surface area contributed by atoms with Crippen LogP contribution in [-0.4, -0.2) is 17.3 Å². The summed E-state index contributed by atoms with van der Waals surface area (Å²) in [4.78, 5) is 0. The normalized spacial score (nSPS) is 25.0. The quantitative estimate of drug-likeness (QED) is 0.795. The van der Waals surface area contributed by atoms with E-state index in [0.29, 0.717) is 12.6 Å². The lowest BCUT2D eigenvalue weighted by Gasteiger charge is -2.32. The molecule has 2 N–H and O–H groups in total. The summed E-state index contributed by atoms with van der Waals surface area (Å²) in [7, 11) is 0. The molecule has 15 heavy (non-hydrogen) atoms. The molecular formula is C12H16FNO. The van der Waals surface area contributed by atoms with Crippen molar-refractivity contribution in [3.8, 4) is 0 Å². The van der Waals surface area contributed by atoms with Gasteiger partial charge < -0.3 is 10.4 Å². The molecule has 0 bridgehead atoms. The number of rotatable bonds is 3. The first-order chi connectivity index (χ1) is 7.15. The topological polar surface area (TPSA) is 32.3 Å². The van der Waals surface area contributed by atoms with Crippen molar-refractivity contribution < 1.29 is 9.50 Å². The fraction of sp³-hybridized carbons (Fsp3) is 0.500. The van der Waals surface area contributed by atoms with Gasteiger partial charge >= 0.3 is 0 Å². The van der Waals surface area contributed by atoms with E-state index in [1.807, 2.05) is 6.92 Å². The summed E-state index contributed by atoms with van der Waals surface area (Å²) >= 11 is 0. The van der Waals surface area contributed by atoms with Crippen LogP contribution in [0.4, 0.5) is 4.39 Å². The summed E-state index contributed by atoms with van der Waals surface area (Å²) in [5.41, 5.74) is 2.10. The molecule has 2 nitrogen and oxygen atoms in total. The third kappa shape index (κ3) is 2.55. The molecule has 3 heteroatoms. The molecule has 2 rings (SSSR count). The molecule has 0 radical (unpaired) electrons. The van der Waals surface area contributed by atoms with Crippen LogP contribution in [0, 0.1) is 12.7 Å². The minimum absolute atomic E-state index is 0.142. The van der Waals surface area contributed by atoms with Gasteiger partial charge in [-0.05, 0) is 43.0 Å². The number of hydrogen-bond acceptors (Lipinski definition) is 2. The standard InChI is InChI=1S/C12H16FNO/c1-8-2-3-10(13)4-9(8)7-14-11-5-12(15)6-11/h2-4,11-12,14-15H,5-7H2,1H3. The molecule has 1 aliphatic rings. The Morgan fingerprint density at radius 2 is 2.20 bits per heavy atom. The number of hydrogen-bond donors (Lipinski definition) is 2. The van der Waals surface area contributed by atoms with Gasteiger partial charge in [-0.15, -0.1) is 0 Å². The Labute approximate surface area is 89.1 Å². The number of aliphatic hydroxyl groups excluding tert-OH is 1. The van der Waals surface area contributed by atoms with Crippen LogP contribution in [0.25, 0.3) is 0 Å². The van der Waals surface area contributed by atoms with Gasteiger partial charge in [-0.3, -0.25) is 0 Å². The maximum absolute atomic E-state index is 13.0. The highest BCUT2D eigenvalue weighted by molar-refractivity contribution is 5.26. The van der Waals surface area contributed by atoms with E-state index in [2.05, 4.69) is 5.32 Å². The molecule has 0 saturated heterocycles. The number of nitrogens with one attached hydrogen (secondary N) is 1. The van der Waals surface area contributed by atoms with Crippen LogP contribution in [0.1, 0.15) is 24.0 Å². The Morgan fingerprint density at radius 1 is 1.47 bits per heavy atom. The van der Waals surface area contributed by atoms with Crippen LogP contribution >= 0.6 is 0 Å². The number of benzene rings is 1. The third-order valence-corrected chi connectivity index (χ3v) is 3.01. The van der Waals surface area contributed by atoms with Crippen molar-refractivity contribution in [1.82, 2.24) is 5.32 Å². The van der Waals surface area contributed by atoms with Crippen LogP contribution in [0.2, 0.25) is 0 Å². The molecular weight excluding hydrogens is 193 g/mol. The second-order valence-electron chi connectivity index (χ2n) is 4.27. The van der Waals surface area contributed by atoms with E-state index in [4.69, 9.17) is 5.11 Å². The van der Waals surface area contributed by atoms with Crippen molar-refractivity contribution >= 4 is 0 Å². The Bertz CT molecular complexity index is 347. The Balaban J connectivity index is 1.90. The van der Waals surface area contributed by atoms with Gasteiger partial charge in [0.05, 0.1) is 6.10 Å². The Hall–Kier alpha value is -0.930. The van der Waals surface area contributed by atoms with Gasteiger partial charge in [0.15, 0.2) is 0 Å². The van der Waals surface area contributed by atoms with Crippen LogP contribution in [0.15, 0.2) is 18.2 Å². The van der Waals surface area contributed by atoms with Gasteiger partial charge in [-0.1, -0.05) is 6.07 Å². The summed E-state index contributed by atoms with van der Waals surface area (Å²) in [6.45, 7) is 2.66. The zero-order valence-corrected chi connectivity index (χ0v) is 8.83. The molecule has 1 saturated carbocycles. The molecule has 0 atom stereocenters. The van der Waals surface area contributed by atoms with E-state index < -0.39 is 0 Å². The highest BCUT2D eigenvalue weighted by Crippen LogP contribution is 2.20. The molecule has 82 valence electrons. The maximum Gasteiger partial charge on any atom is 0.123 e. The maximum atomic E-state index is 13.0. The van der Waals surface area contributed by atoms with E-state index in [0.717, 1.165) is 24.0 Å². The molecule has 0 unspecified atom stereocenters. The lowest BCUT2D eigenvalue weighted by molar-refractivity contribution is 0.0619. The fourth-order valence-corrected chi connectivity index (χ4v) is 1.84. The zero-order valence-electron chi connectivity index (χ0n) is 8.83. The summed E-state index contributed by atoms with van der Waals surface area (Å²) in [5, 5.41) is 12.4. The van der Waals surface area contributed by atoms with E-state index in [1.165, 1.54) is 6.07 Å². The smallest absolute Gasteiger partial charge is 0.123 e. The second-order valence-corrected chi connectivity index (χ2v) is 4.27. The van der Waals surface area contributed by atoms with Gasteiger partial charge in [-0.2, -0.15) is 0 Å². The largest absolute Gasteiger partial charge is 0.393 e. The molecule has 1 aromatic carbocycles. The van der Waals surface area contributed by atoms with Gasteiger partial charge in [0, 0.05) is 12.6 Å². The lowest BCUT2D eigenvalue weighted by atomic mass is 9.89. The Morgan fingerprint density at radius 3 is 2.87 bits per heavy atom. The van der Waals surface area contributed by atoms with Gasteiger partial charge in [-0.25, -0.2) is 4.39 Å². The minimum atomic E-state index is -0.189. The van der Waals surface area contributed by atoms with E-state index in [1.54, 1.807) is 12.1 Å². The summed E-state index contributed by atoms with van der Waals surface area (Å²) in [6, 6.07) is 5.23.